The molecule has 7 heteroatoms. The van der Waals surface area contributed by atoms with Crippen molar-refractivity contribution in [2.24, 2.45) is 5.92 Å². The number of hydrogen-bond acceptors (Lipinski definition) is 5. The van der Waals surface area contributed by atoms with Crippen molar-refractivity contribution in [3.8, 4) is 0 Å². The van der Waals surface area contributed by atoms with E-state index in [4.69, 9.17) is 4.74 Å². The van der Waals surface area contributed by atoms with E-state index in [9.17, 15) is 19.7 Å². The molecular formula is C17H20N2O5. The van der Waals surface area contributed by atoms with Crippen LogP contribution in [0.15, 0.2) is 30.3 Å². The van der Waals surface area contributed by atoms with Crippen LogP contribution in [0.4, 0.5) is 5.69 Å². The molecule has 0 spiro atoms. The standard InChI is InChI=1S/C17H20N2O5/c1-13-8-10-18(11-9-13)16(20)12-24-17(21)7-4-14-2-5-15(6-3-14)19(22)23/h2-7,13H,8-12H2,1H3. The molecular weight excluding hydrogens is 312 g/mol. The first kappa shape index (κ1) is 17.7. The van der Waals surface area contributed by atoms with Gasteiger partial charge >= 0.3 is 5.97 Å². The van der Waals surface area contributed by atoms with E-state index >= 15 is 0 Å². The third-order valence-corrected chi connectivity index (χ3v) is 3.99. The number of ether oxygens (including phenoxy) is 1. The van der Waals surface area contributed by atoms with Crippen LogP contribution >= 0.6 is 0 Å². The number of likely N-dealkylation sites (tertiary alicyclic amines) is 1. The van der Waals surface area contributed by atoms with Crippen molar-refractivity contribution in [3.63, 3.8) is 0 Å². The van der Waals surface area contributed by atoms with E-state index in [-0.39, 0.29) is 18.2 Å². The largest absolute Gasteiger partial charge is 0.452 e. The van der Waals surface area contributed by atoms with Crippen molar-refractivity contribution in [1.82, 2.24) is 4.90 Å². The number of carbonyl (C=O) groups excluding carboxylic acids is 2. The number of hydrogen-bond donors (Lipinski definition) is 0. The molecule has 2 rings (SSSR count). The molecule has 1 aromatic rings. The Morgan fingerprint density at radius 3 is 2.50 bits per heavy atom. The third-order valence-electron chi connectivity index (χ3n) is 3.99. The fraction of sp³-hybridized carbons (Fsp3) is 0.412. The van der Waals surface area contributed by atoms with Gasteiger partial charge in [-0.25, -0.2) is 4.79 Å². The van der Waals surface area contributed by atoms with Crippen molar-refractivity contribution < 1.29 is 19.2 Å². The van der Waals surface area contributed by atoms with Crippen molar-refractivity contribution in [2.75, 3.05) is 19.7 Å². The molecule has 0 radical (unpaired) electrons. The molecule has 0 saturated carbocycles. The number of carbonyl (C=O) groups is 2. The molecule has 0 bridgehead atoms. The molecule has 0 aromatic heterocycles. The average molecular weight is 332 g/mol. The number of nitro benzene ring substituents is 1. The topological polar surface area (TPSA) is 89.8 Å². The molecule has 0 N–H and O–H groups in total. The lowest BCUT2D eigenvalue weighted by atomic mass is 9.99. The van der Waals surface area contributed by atoms with Gasteiger partial charge < -0.3 is 9.64 Å². The number of rotatable bonds is 5. The lowest BCUT2D eigenvalue weighted by molar-refractivity contribution is -0.384. The Bertz CT molecular complexity index is 631. The fourth-order valence-corrected chi connectivity index (χ4v) is 2.40. The zero-order chi connectivity index (χ0) is 17.5. The van der Waals surface area contributed by atoms with E-state index in [1.807, 2.05) is 0 Å². The van der Waals surface area contributed by atoms with Gasteiger partial charge in [-0.15, -0.1) is 0 Å². The highest BCUT2D eigenvalue weighted by Gasteiger charge is 2.20. The van der Waals surface area contributed by atoms with E-state index in [0.717, 1.165) is 12.8 Å². The lowest BCUT2D eigenvalue weighted by Crippen LogP contribution is -2.40. The summed E-state index contributed by atoms with van der Waals surface area (Å²) in [6, 6.07) is 5.77. The maximum absolute atomic E-state index is 11.9. The minimum Gasteiger partial charge on any atom is -0.452 e. The lowest BCUT2D eigenvalue weighted by Gasteiger charge is -2.30. The zero-order valence-corrected chi connectivity index (χ0v) is 13.5. The van der Waals surface area contributed by atoms with E-state index in [0.29, 0.717) is 24.6 Å². The van der Waals surface area contributed by atoms with Crippen LogP contribution in [0, 0.1) is 16.0 Å². The van der Waals surface area contributed by atoms with Gasteiger partial charge in [0.2, 0.25) is 0 Å². The first-order valence-corrected chi connectivity index (χ1v) is 7.83. The van der Waals surface area contributed by atoms with Gasteiger partial charge in [0, 0.05) is 31.3 Å². The van der Waals surface area contributed by atoms with E-state index in [1.54, 1.807) is 4.90 Å². The number of nitro groups is 1. The highest BCUT2D eigenvalue weighted by Crippen LogP contribution is 2.16. The summed E-state index contributed by atoms with van der Waals surface area (Å²) in [4.78, 5) is 35.4. The SMILES string of the molecule is CC1CCN(C(=O)COC(=O)C=Cc2ccc([N+](=O)[O-])cc2)CC1. The summed E-state index contributed by atoms with van der Waals surface area (Å²) in [5.41, 5.74) is 0.616. The first-order valence-electron chi connectivity index (χ1n) is 7.83. The Morgan fingerprint density at radius 1 is 1.29 bits per heavy atom. The minimum absolute atomic E-state index is 0.0174. The van der Waals surface area contributed by atoms with Gasteiger partial charge in [0.05, 0.1) is 4.92 Å². The van der Waals surface area contributed by atoms with Crippen molar-refractivity contribution in [2.45, 2.75) is 19.8 Å². The molecule has 128 valence electrons. The number of esters is 1. The molecule has 24 heavy (non-hydrogen) atoms. The molecule has 1 aromatic carbocycles. The van der Waals surface area contributed by atoms with Gasteiger partial charge in [0.1, 0.15) is 0 Å². The number of non-ortho nitro benzene ring substituents is 1. The number of benzene rings is 1. The van der Waals surface area contributed by atoms with Gasteiger partial charge in [-0.3, -0.25) is 14.9 Å². The predicted octanol–water partition coefficient (Wildman–Crippen LogP) is 2.41. The van der Waals surface area contributed by atoms with Crippen molar-refractivity contribution in [3.05, 3.63) is 46.0 Å². The van der Waals surface area contributed by atoms with Crippen LogP contribution in [-0.2, 0) is 14.3 Å². The van der Waals surface area contributed by atoms with Crippen molar-refractivity contribution in [1.29, 1.82) is 0 Å². The predicted molar refractivity (Wildman–Crippen MR) is 88.1 cm³/mol. The minimum atomic E-state index is -0.618. The first-order chi connectivity index (χ1) is 11.5. The Balaban J connectivity index is 1.78. The Labute approximate surface area is 140 Å². The molecule has 7 nitrogen and oxygen atoms in total. The van der Waals surface area contributed by atoms with E-state index in [1.165, 1.54) is 36.4 Å². The van der Waals surface area contributed by atoms with Crippen LogP contribution in [0.25, 0.3) is 6.08 Å². The molecule has 0 unspecified atom stereocenters. The summed E-state index contributed by atoms with van der Waals surface area (Å²) in [5.74, 6) is -0.174. The number of piperidine rings is 1. The second kappa shape index (κ2) is 8.24. The van der Waals surface area contributed by atoms with Crippen LogP contribution in [0.1, 0.15) is 25.3 Å². The summed E-state index contributed by atoms with van der Waals surface area (Å²) >= 11 is 0. The van der Waals surface area contributed by atoms with Gasteiger partial charge in [-0.1, -0.05) is 6.92 Å². The Morgan fingerprint density at radius 2 is 1.92 bits per heavy atom. The summed E-state index contributed by atoms with van der Waals surface area (Å²) in [6.45, 7) is 3.30. The second-order valence-corrected chi connectivity index (χ2v) is 5.85. The third kappa shape index (κ3) is 5.19. The van der Waals surface area contributed by atoms with Gasteiger partial charge in [-0.2, -0.15) is 0 Å². The Kier molecular flexibility index (Phi) is 6.06. The Hall–Kier alpha value is -2.70. The van der Waals surface area contributed by atoms with Crippen LogP contribution in [-0.4, -0.2) is 41.4 Å². The van der Waals surface area contributed by atoms with E-state index < -0.39 is 10.9 Å². The molecule has 1 aliphatic heterocycles. The van der Waals surface area contributed by atoms with Gasteiger partial charge in [0.25, 0.3) is 11.6 Å². The zero-order valence-electron chi connectivity index (χ0n) is 13.5. The maximum atomic E-state index is 11.9. The summed E-state index contributed by atoms with van der Waals surface area (Å²) < 4.78 is 4.94. The highest BCUT2D eigenvalue weighted by atomic mass is 16.6. The second-order valence-electron chi connectivity index (χ2n) is 5.85. The fourth-order valence-electron chi connectivity index (χ4n) is 2.40. The average Bonchev–Trinajstić information content (AvgIpc) is 2.58. The molecule has 1 aliphatic rings. The molecule has 1 amide bonds. The van der Waals surface area contributed by atoms with Gasteiger partial charge in [-0.05, 0) is 42.5 Å². The highest BCUT2D eigenvalue weighted by molar-refractivity contribution is 5.89. The normalized spacial score (nSPS) is 15.5. The smallest absolute Gasteiger partial charge is 0.331 e. The quantitative estimate of drug-likeness (QED) is 0.357. The summed E-state index contributed by atoms with van der Waals surface area (Å²) in [7, 11) is 0. The summed E-state index contributed by atoms with van der Waals surface area (Å²) in [6.07, 6.45) is 4.63. The number of nitrogens with zero attached hydrogens (tertiary/aromatic N) is 2. The molecule has 1 heterocycles. The van der Waals surface area contributed by atoms with Crippen LogP contribution in [0.3, 0.4) is 0 Å². The van der Waals surface area contributed by atoms with Crippen LogP contribution < -0.4 is 0 Å². The number of amides is 1. The van der Waals surface area contributed by atoms with Crippen molar-refractivity contribution >= 4 is 23.6 Å². The molecule has 1 saturated heterocycles. The molecule has 0 atom stereocenters. The van der Waals surface area contributed by atoms with Crippen LogP contribution in [0.2, 0.25) is 0 Å². The monoisotopic (exact) mass is 332 g/mol. The summed E-state index contributed by atoms with van der Waals surface area (Å²) in [5, 5.41) is 10.6. The molecule has 1 fully saturated rings. The van der Waals surface area contributed by atoms with Crippen LogP contribution in [0.5, 0.6) is 0 Å². The van der Waals surface area contributed by atoms with E-state index in [2.05, 4.69) is 6.92 Å². The molecule has 0 aliphatic carbocycles. The maximum Gasteiger partial charge on any atom is 0.331 e. The van der Waals surface area contributed by atoms with Gasteiger partial charge in [0.15, 0.2) is 6.61 Å².